The molecule has 0 N–H and O–H groups in total. The van der Waals surface area contributed by atoms with Crippen LogP contribution in [0.2, 0.25) is 0 Å². The number of epoxide rings is 1. The molecule has 1 heterocycles. The van der Waals surface area contributed by atoms with Gasteiger partial charge in [0.2, 0.25) is 0 Å². The average molecular weight is 224 g/mol. The van der Waals surface area contributed by atoms with Crippen LogP contribution in [-0.4, -0.2) is 6.61 Å². The first-order chi connectivity index (χ1) is 8.24. The van der Waals surface area contributed by atoms with Crippen molar-refractivity contribution >= 4 is 0 Å². The van der Waals surface area contributed by atoms with Crippen LogP contribution in [0.4, 0.5) is 0 Å². The number of ether oxygens (including phenoxy) is 1. The highest BCUT2D eigenvalue weighted by Crippen LogP contribution is 2.31. The van der Waals surface area contributed by atoms with Gasteiger partial charge in [0.15, 0.2) is 0 Å². The second-order valence-corrected chi connectivity index (χ2v) is 4.74. The van der Waals surface area contributed by atoms with E-state index in [0.717, 1.165) is 6.61 Å². The molecule has 86 valence electrons. The lowest BCUT2D eigenvalue weighted by atomic mass is 9.99. The maximum absolute atomic E-state index is 5.27. The van der Waals surface area contributed by atoms with Gasteiger partial charge in [-0.25, -0.2) is 0 Å². The standard InChI is InChI=1S/C16H16O/c1-11-3-4-15(9-12(11)2)13-5-7-14(8-6-13)16-10-17-16/h3-9,16H,10H2,1-2H3. The fraction of sp³-hybridized carbons (Fsp3) is 0.250. The van der Waals surface area contributed by atoms with Gasteiger partial charge in [0.05, 0.1) is 6.61 Å². The summed E-state index contributed by atoms with van der Waals surface area (Å²) in [6, 6.07) is 15.3. The predicted molar refractivity (Wildman–Crippen MR) is 70.0 cm³/mol. The van der Waals surface area contributed by atoms with Crippen molar-refractivity contribution in [1.29, 1.82) is 0 Å². The Morgan fingerprint density at radius 3 is 2.12 bits per heavy atom. The van der Waals surface area contributed by atoms with E-state index in [0.29, 0.717) is 6.10 Å². The summed E-state index contributed by atoms with van der Waals surface area (Å²) >= 11 is 0. The molecule has 1 atom stereocenters. The van der Waals surface area contributed by atoms with Crippen LogP contribution in [0.1, 0.15) is 22.8 Å². The second-order valence-electron chi connectivity index (χ2n) is 4.74. The Labute approximate surface area is 102 Å². The van der Waals surface area contributed by atoms with E-state index in [1.165, 1.54) is 27.8 Å². The molecule has 2 aromatic rings. The molecule has 1 aliphatic rings. The molecule has 17 heavy (non-hydrogen) atoms. The van der Waals surface area contributed by atoms with E-state index >= 15 is 0 Å². The molecule has 0 radical (unpaired) electrons. The molecular formula is C16H16O. The number of hydrogen-bond donors (Lipinski definition) is 0. The maximum atomic E-state index is 5.27. The van der Waals surface area contributed by atoms with Crippen LogP contribution in [0.15, 0.2) is 42.5 Å². The Bertz CT molecular complexity index is 536. The molecule has 0 bridgehead atoms. The molecule has 0 aromatic heterocycles. The van der Waals surface area contributed by atoms with E-state index in [9.17, 15) is 0 Å². The molecule has 3 rings (SSSR count). The summed E-state index contributed by atoms with van der Waals surface area (Å²) in [6.07, 6.45) is 0.351. The SMILES string of the molecule is Cc1ccc(-c2ccc(C3CO3)cc2)cc1C. The summed E-state index contributed by atoms with van der Waals surface area (Å²) < 4.78 is 5.27. The molecule has 1 aliphatic heterocycles. The first-order valence-corrected chi connectivity index (χ1v) is 6.03. The third kappa shape index (κ3) is 2.11. The smallest absolute Gasteiger partial charge is 0.106 e. The molecule has 1 heteroatoms. The van der Waals surface area contributed by atoms with Crippen LogP contribution in [-0.2, 0) is 4.74 Å². The van der Waals surface area contributed by atoms with Crippen molar-refractivity contribution in [2.75, 3.05) is 6.61 Å². The van der Waals surface area contributed by atoms with Gasteiger partial charge >= 0.3 is 0 Å². The van der Waals surface area contributed by atoms with Crippen LogP contribution < -0.4 is 0 Å². The Morgan fingerprint density at radius 1 is 0.882 bits per heavy atom. The van der Waals surface area contributed by atoms with Crippen LogP contribution in [0.5, 0.6) is 0 Å². The fourth-order valence-electron chi connectivity index (χ4n) is 2.05. The second kappa shape index (κ2) is 4.01. The van der Waals surface area contributed by atoms with Crippen molar-refractivity contribution < 1.29 is 4.74 Å². The maximum Gasteiger partial charge on any atom is 0.106 e. The molecule has 1 unspecified atom stereocenters. The number of aryl methyl sites for hydroxylation is 2. The summed E-state index contributed by atoms with van der Waals surface area (Å²) in [7, 11) is 0. The first-order valence-electron chi connectivity index (χ1n) is 6.03. The molecule has 1 nitrogen and oxygen atoms in total. The van der Waals surface area contributed by atoms with Crippen molar-refractivity contribution in [2.45, 2.75) is 20.0 Å². The van der Waals surface area contributed by atoms with Crippen LogP contribution >= 0.6 is 0 Å². The molecule has 0 aliphatic carbocycles. The Balaban J connectivity index is 1.94. The largest absolute Gasteiger partial charge is 0.368 e. The topological polar surface area (TPSA) is 12.5 Å². The van der Waals surface area contributed by atoms with Crippen LogP contribution in [0.25, 0.3) is 11.1 Å². The Hall–Kier alpha value is -1.60. The quantitative estimate of drug-likeness (QED) is 0.701. The Kier molecular flexibility index (Phi) is 2.49. The molecule has 1 fully saturated rings. The molecular weight excluding hydrogens is 208 g/mol. The van der Waals surface area contributed by atoms with Gasteiger partial charge in [-0.2, -0.15) is 0 Å². The predicted octanol–water partition coefficient (Wildman–Crippen LogP) is 4.04. The van der Waals surface area contributed by atoms with Gasteiger partial charge in [-0.1, -0.05) is 42.5 Å². The van der Waals surface area contributed by atoms with E-state index in [2.05, 4.69) is 56.3 Å². The van der Waals surface area contributed by atoms with E-state index in [1.807, 2.05) is 0 Å². The third-order valence-corrected chi connectivity index (χ3v) is 3.46. The van der Waals surface area contributed by atoms with Crippen molar-refractivity contribution in [3.63, 3.8) is 0 Å². The summed E-state index contributed by atoms with van der Waals surface area (Å²) in [4.78, 5) is 0. The zero-order valence-corrected chi connectivity index (χ0v) is 10.2. The van der Waals surface area contributed by atoms with Crippen molar-refractivity contribution in [1.82, 2.24) is 0 Å². The molecule has 2 aromatic carbocycles. The lowest BCUT2D eigenvalue weighted by Crippen LogP contribution is -1.85. The number of benzene rings is 2. The summed E-state index contributed by atoms with van der Waals surface area (Å²) in [5.41, 5.74) is 6.54. The fourth-order valence-corrected chi connectivity index (χ4v) is 2.05. The van der Waals surface area contributed by atoms with Gasteiger partial charge < -0.3 is 4.74 Å². The average Bonchev–Trinajstić information content (AvgIpc) is 3.17. The van der Waals surface area contributed by atoms with E-state index < -0.39 is 0 Å². The summed E-state index contributed by atoms with van der Waals surface area (Å²) in [5.74, 6) is 0. The zero-order valence-electron chi connectivity index (χ0n) is 10.2. The highest BCUT2D eigenvalue weighted by atomic mass is 16.6. The minimum Gasteiger partial charge on any atom is -0.368 e. The lowest BCUT2D eigenvalue weighted by molar-refractivity contribution is 0.415. The highest BCUT2D eigenvalue weighted by Gasteiger charge is 2.24. The van der Waals surface area contributed by atoms with E-state index in [4.69, 9.17) is 4.74 Å². The normalized spacial score (nSPS) is 18.1. The summed E-state index contributed by atoms with van der Waals surface area (Å²) in [5, 5.41) is 0. The van der Waals surface area contributed by atoms with Gasteiger partial charge in [0.1, 0.15) is 6.10 Å². The molecule has 0 saturated carbocycles. The third-order valence-electron chi connectivity index (χ3n) is 3.46. The van der Waals surface area contributed by atoms with Gasteiger partial charge in [-0.15, -0.1) is 0 Å². The lowest BCUT2D eigenvalue weighted by Gasteiger charge is -2.06. The van der Waals surface area contributed by atoms with Crippen molar-refractivity contribution in [3.05, 3.63) is 59.2 Å². The van der Waals surface area contributed by atoms with Gasteiger partial charge in [-0.05, 0) is 41.7 Å². The summed E-state index contributed by atoms with van der Waals surface area (Å²) in [6.45, 7) is 5.18. The van der Waals surface area contributed by atoms with Crippen molar-refractivity contribution in [2.24, 2.45) is 0 Å². The molecule has 0 spiro atoms. The Morgan fingerprint density at radius 2 is 1.53 bits per heavy atom. The first kappa shape index (κ1) is 10.5. The monoisotopic (exact) mass is 224 g/mol. The minimum absolute atomic E-state index is 0.351. The van der Waals surface area contributed by atoms with E-state index in [-0.39, 0.29) is 0 Å². The minimum atomic E-state index is 0.351. The van der Waals surface area contributed by atoms with E-state index in [1.54, 1.807) is 0 Å². The molecule has 0 amide bonds. The zero-order chi connectivity index (χ0) is 11.8. The van der Waals surface area contributed by atoms with Gasteiger partial charge in [0.25, 0.3) is 0 Å². The van der Waals surface area contributed by atoms with Crippen molar-refractivity contribution in [3.8, 4) is 11.1 Å². The number of rotatable bonds is 2. The molecule has 1 saturated heterocycles. The van der Waals surface area contributed by atoms with Gasteiger partial charge in [-0.3, -0.25) is 0 Å². The van der Waals surface area contributed by atoms with Gasteiger partial charge in [0, 0.05) is 0 Å². The number of hydrogen-bond acceptors (Lipinski definition) is 1. The highest BCUT2D eigenvalue weighted by molar-refractivity contribution is 5.65. The van der Waals surface area contributed by atoms with Crippen LogP contribution in [0, 0.1) is 13.8 Å². The van der Waals surface area contributed by atoms with Crippen LogP contribution in [0.3, 0.4) is 0 Å².